The quantitative estimate of drug-likeness (QED) is 0.708. The van der Waals surface area contributed by atoms with Gasteiger partial charge in [-0.25, -0.2) is 13.2 Å². The minimum Gasteiger partial charge on any atom is -0.373 e. The van der Waals surface area contributed by atoms with Crippen LogP contribution in [0.3, 0.4) is 0 Å². The van der Waals surface area contributed by atoms with Crippen LogP contribution in [0.15, 0.2) is 12.1 Å². The lowest BCUT2D eigenvalue weighted by Crippen LogP contribution is -2.60. The molecule has 6 nitrogen and oxygen atoms in total. The Morgan fingerprint density at radius 2 is 1.93 bits per heavy atom. The van der Waals surface area contributed by atoms with E-state index in [9.17, 15) is 22.8 Å². The van der Waals surface area contributed by atoms with E-state index in [0.717, 1.165) is 6.07 Å². The van der Waals surface area contributed by atoms with Crippen LogP contribution in [0.1, 0.15) is 32.8 Å². The summed E-state index contributed by atoms with van der Waals surface area (Å²) in [5.41, 5.74) is 5.34. The first kappa shape index (κ1) is 22.2. The average molecular weight is 401 g/mol. The van der Waals surface area contributed by atoms with Gasteiger partial charge in [-0.2, -0.15) is 0 Å². The van der Waals surface area contributed by atoms with Gasteiger partial charge in [0.1, 0.15) is 11.9 Å². The zero-order valence-corrected chi connectivity index (χ0v) is 16.2. The van der Waals surface area contributed by atoms with Gasteiger partial charge >= 0.3 is 0 Å². The van der Waals surface area contributed by atoms with Gasteiger partial charge in [0.05, 0.1) is 12.2 Å². The molecule has 28 heavy (non-hydrogen) atoms. The summed E-state index contributed by atoms with van der Waals surface area (Å²) in [7, 11) is 0. The summed E-state index contributed by atoms with van der Waals surface area (Å²) in [6.07, 6.45) is -0.310. The van der Waals surface area contributed by atoms with E-state index >= 15 is 0 Å². The van der Waals surface area contributed by atoms with Crippen LogP contribution in [0.25, 0.3) is 0 Å². The van der Waals surface area contributed by atoms with Gasteiger partial charge < -0.3 is 20.7 Å². The number of carbonyl (C=O) groups is 2. The molecular weight excluding hydrogens is 375 g/mol. The molecule has 1 aliphatic heterocycles. The molecule has 0 aliphatic carbocycles. The molecule has 0 bridgehead atoms. The van der Waals surface area contributed by atoms with Crippen molar-refractivity contribution in [3.8, 4) is 0 Å². The molecule has 9 heteroatoms. The van der Waals surface area contributed by atoms with Crippen LogP contribution < -0.4 is 11.1 Å². The maximum Gasteiger partial charge on any atom is 0.245 e. The number of hydrogen-bond donors (Lipinski definition) is 2. The minimum atomic E-state index is -1.29. The molecule has 0 radical (unpaired) electrons. The van der Waals surface area contributed by atoms with Crippen molar-refractivity contribution in [1.82, 2.24) is 10.2 Å². The van der Waals surface area contributed by atoms with E-state index in [-0.39, 0.29) is 36.8 Å². The normalized spacial score (nSPS) is 18.8. The molecule has 1 aliphatic rings. The van der Waals surface area contributed by atoms with E-state index in [2.05, 4.69) is 5.32 Å². The molecule has 1 aromatic carbocycles. The summed E-state index contributed by atoms with van der Waals surface area (Å²) in [5, 5.41) is 2.69. The number of nitrogens with one attached hydrogen (secondary N) is 1. The van der Waals surface area contributed by atoms with Gasteiger partial charge in [-0.1, -0.05) is 0 Å². The van der Waals surface area contributed by atoms with Crippen molar-refractivity contribution < 1.29 is 27.5 Å². The van der Waals surface area contributed by atoms with Crippen molar-refractivity contribution in [2.24, 2.45) is 5.73 Å². The van der Waals surface area contributed by atoms with Crippen LogP contribution in [0.5, 0.6) is 0 Å². The number of benzene rings is 1. The standard InChI is InChI=1S/C19H26F3N3O3/c1-19(2,3)28-10-16-18(27)24-4-5-25(16)17(26)8-12(23)6-11-7-14(21)15(22)9-13(11)20/h7,9,12,16H,4-6,8,10,23H2,1-3H3,(H,24,27)/t12-,16-/m0/s1. The third-order valence-electron chi connectivity index (χ3n) is 4.33. The summed E-state index contributed by atoms with van der Waals surface area (Å²) in [4.78, 5) is 26.2. The van der Waals surface area contributed by atoms with E-state index in [1.807, 2.05) is 20.8 Å². The minimum absolute atomic E-state index is 0.0358. The molecular formula is C19H26F3N3O3. The monoisotopic (exact) mass is 401 g/mol. The Kier molecular flexibility index (Phi) is 7.06. The Balaban J connectivity index is 2.02. The highest BCUT2D eigenvalue weighted by atomic mass is 19.2. The van der Waals surface area contributed by atoms with E-state index in [1.165, 1.54) is 4.90 Å². The maximum absolute atomic E-state index is 13.8. The first-order valence-corrected chi connectivity index (χ1v) is 9.08. The number of halogens is 3. The zero-order valence-electron chi connectivity index (χ0n) is 16.2. The highest BCUT2D eigenvalue weighted by molar-refractivity contribution is 5.89. The number of carbonyl (C=O) groups excluding carboxylic acids is 2. The van der Waals surface area contributed by atoms with Crippen LogP contribution in [0.2, 0.25) is 0 Å². The van der Waals surface area contributed by atoms with Gasteiger partial charge in [-0.3, -0.25) is 9.59 Å². The fourth-order valence-corrected chi connectivity index (χ4v) is 2.92. The molecule has 2 amide bonds. The average Bonchev–Trinajstić information content (AvgIpc) is 2.57. The van der Waals surface area contributed by atoms with Crippen molar-refractivity contribution in [3.63, 3.8) is 0 Å². The Labute approximate surface area is 162 Å². The van der Waals surface area contributed by atoms with Gasteiger partial charge in [0.15, 0.2) is 11.6 Å². The molecule has 2 atom stereocenters. The predicted molar refractivity (Wildman–Crippen MR) is 96.8 cm³/mol. The largest absolute Gasteiger partial charge is 0.373 e. The highest BCUT2D eigenvalue weighted by Crippen LogP contribution is 2.17. The van der Waals surface area contributed by atoms with Crippen LogP contribution in [-0.2, 0) is 20.7 Å². The Morgan fingerprint density at radius 1 is 1.29 bits per heavy atom. The van der Waals surface area contributed by atoms with Crippen LogP contribution in [0, 0.1) is 17.5 Å². The maximum atomic E-state index is 13.8. The van der Waals surface area contributed by atoms with Crippen molar-refractivity contribution >= 4 is 11.8 Å². The van der Waals surface area contributed by atoms with E-state index in [4.69, 9.17) is 10.5 Å². The number of nitrogens with two attached hydrogens (primary N) is 1. The predicted octanol–water partition coefficient (Wildman–Crippen LogP) is 1.51. The summed E-state index contributed by atoms with van der Waals surface area (Å²) < 4.78 is 45.8. The van der Waals surface area contributed by atoms with Gasteiger partial charge in [-0.15, -0.1) is 0 Å². The number of amides is 2. The topological polar surface area (TPSA) is 84.7 Å². The van der Waals surface area contributed by atoms with E-state index in [1.54, 1.807) is 0 Å². The summed E-state index contributed by atoms with van der Waals surface area (Å²) in [6.45, 7) is 6.16. The van der Waals surface area contributed by atoms with E-state index < -0.39 is 35.1 Å². The van der Waals surface area contributed by atoms with Crippen LogP contribution in [-0.4, -0.2) is 54.1 Å². The van der Waals surface area contributed by atoms with Crippen LogP contribution >= 0.6 is 0 Å². The first-order chi connectivity index (χ1) is 13.0. The third kappa shape index (κ3) is 5.93. The molecule has 1 saturated heterocycles. The number of nitrogens with zero attached hydrogens (tertiary/aromatic N) is 1. The fraction of sp³-hybridized carbons (Fsp3) is 0.579. The molecule has 156 valence electrons. The Bertz CT molecular complexity index is 737. The summed E-state index contributed by atoms with van der Waals surface area (Å²) in [6, 6.07) is -0.411. The summed E-state index contributed by atoms with van der Waals surface area (Å²) >= 11 is 0. The molecule has 0 spiro atoms. The lowest BCUT2D eigenvalue weighted by atomic mass is 10.0. The first-order valence-electron chi connectivity index (χ1n) is 9.08. The van der Waals surface area contributed by atoms with Gasteiger partial charge in [0.2, 0.25) is 11.8 Å². The Morgan fingerprint density at radius 3 is 2.57 bits per heavy atom. The van der Waals surface area contributed by atoms with Gasteiger partial charge in [0, 0.05) is 31.6 Å². The SMILES string of the molecule is CC(C)(C)OC[C@H]1C(=O)NCCN1C(=O)C[C@@H](N)Cc1cc(F)c(F)cc1F. The number of rotatable bonds is 6. The third-order valence-corrected chi connectivity index (χ3v) is 4.33. The number of hydrogen-bond acceptors (Lipinski definition) is 4. The number of piperazine rings is 1. The lowest BCUT2D eigenvalue weighted by molar-refractivity contribution is -0.148. The van der Waals surface area contributed by atoms with Crippen molar-refractivity contribution in [1.29, 1.82) is 0 Å². The molecule has 0 unspecified atom stereocenters. The van der Waals surface area contributed by atoms with E-state index in [0.29, 0.717) is 19.2 Å². The Hall–Kier alpha value is -2.13. The van der Waals surface area contributed by atoms with Crippen molar-refractivity contribution in [2.75, 3.05) is 19.7 Å². The van der Waals surface area contributed by atoms with Crippen LogP contribution in [0.4, 0.5) is 13.2 Å². The second-order valence-electron chi connectivity index (χ2n) is 7.84. The smallest absolute Gasteiger partial charge is 0.245 e. The molecule has 2 rings (SSSR count). The second kappa shape index (κ2) is 8.91. The molecule has 0 aromatic heterocycles. The highest BCUT2D eigenvalue weighted by Gasteiger charge is 2.34. The van der Waals surface area contributed by atoms with Crippen molar-refractivity contribution in [3.05, 3.63) is 35.1 Å². The molecule has 1 heterocycles. The molecule has 0 saturated carbocycles. The second-order valence-corrected chi connectivity index (χ2v) is 7.84. The zero-order chi connectivity index (χ0) is 21.1. The summed E-state index contributed by atoms with van der Waals surface area (Å²) in [5.74, 6) is -4.08. The fourth-order valence-electron chi connectivity index (χ4n) is 2.92. The molecule has 1 aromatic rings. The van der Waals surface area contributed by atoms with Gasteiger partial charge in [-0.05, 0) is 38.8 Å². The van der Waals surface area contributed by atoms with Crippen molar-refractivity contribution in [2.45, 2.75) is 51.3 Å². The van der Waals surface area contributed by atoms with Gasteiger partial charge in [0.25, 0.3) is 0 Å². The lowest BCUT2D eigenvalue weighted by Gasteiger charge is -2.36. The molecule has 3 N–H and O–H groups in total. The number of ether oxygens (including phenoxy) is 1. The molecule has 1 fully saturated rings.